The zero-order chi connectivity index (χ0) is 11.5. The van der Waals surface area contributed by atoms with E-state index in [1.165, 1.54) is 0 Å². The second-order valence-electron chi connectivity index (χ2n) is 3.99. The van der Waals surface area contributed by atoms with Crippen LogP contribution in [0.25, 0.3) is 0 Å². The van der Waals surface area contributed by atoms with Crippen molar-refractivity contribution in [3.63, 3.8) is 0 Å². The van der Waals surface area contributed by atoms with E-state index in [2.05, 4.69) is 4.98 Å². The van der Waals surface area contributed by atoms with E-state index in [0.717, 1.165) is 31.6 Å². The van der Waals surface area contributed by atoms with Crippen LogP contribution in [0.3, 0.4) is 0 Å². The number of halogens is 3. The van der Waals surface area contributed by atoms with Crippen molar-refractivity contribution in [3.05, 3.63) is 28.0 Å². The first kappa shape index (κ1) is 15.0. The number of ether oxygens (including phenoxy) is 1. The molecule has 1 aromatic heterocycles. The predicted octanol–water partition coefficient (Wildman–Crippen LogP) is 3.24. The average molecular weight is 298 g/mol. The van der Waals surface area contributed by atoms with Crippen LogP contribution >= 0.6 is 35.6 Å². The van der Waals surface area contributed by atoms with Gasteiger partial charge in [-0.15, -0.1) is 12.4 Å². The number of nitrogens with two attached hydrogens (primary N) is 1. The Bertz CT molecular complexity index is 349. The van der Waals surface area contributed by atoms with E-state index in [4.69, 9.17) is 33.7 Å². The maximum atomic E-state index is 6.22. The van der Waals surface area contributed by atoms with Crippen molar-refractivity contribution < 1.29 is 4.74 Å². The summed E-state index contributed by atoms with van der Waals surface area (Å²) in [4.78, 5) is 3.93. The summed E-state index contributed by atoms with van der Waals surface area (Å²) in [6, 6.07) is -0.133. The molecule has 2 heterocycles. The molecule has 0 spiro atoms. The Labute approximate surface area is 117 Å². The van der Waals surface area contributed by atoms with Gasteiger partial charge in [-0.25, -0.2) is 0 Å². The van der Waals surface area contributed by atoms with Crippen LogP contribution in [0, 0.1) is 5.92 Å². The molecule has 2 rings (SSSR count). The smallest absolute Gasteiger partial charge is 0.0652 e. The minimum absolute atomic E-state index is 0. The lowest BCUT2D eigenvalue weighted by molar-refractivity contribution is 0.0584. The molecule has 1 atom stereocenters. The summed E-state index contributed by atoms with van der Waals surface area (Å²) < 4.78 is 5.31. The molecule has 1 saturated heterocycles. The van der Waals surface area contributed by atoms with E-state index in [1.807, 2.05) is 0 Å². The topological polar surface area (TPSA) is 48.1 Å². The molecule has 1 aromatic rings. The van der Waals surface area contributed by atoms with Crippen LogP contribution in [0.15, 0.2) is 12.4 Å². The van der Waals surface area contributed by atoms with Crippen molar-refractivity contribution >= 4 is 35.6 Å². The molecule has 0 aromatic carbocycles. The van der Waals surface area contributed by atoms with Crippen LogP contribution < -0.4 is 5.73 Å². The molecular weight excluding hydrogens is 282 g/mol. The van der Waals surface area contributed by atoms with Gasteiger partial charge in [0, 0.05) is 37.2 Å². The summed E-state index contributed by atoms with van der Waals surface area (Å²) in [6.07, 6.45) is 5.08. The zero-order valence-corrected chi connectivity index (χ0v) is 11.6. The van der Waals surface area contributed by atoms with Gasteiger partial charge in [0.25, 0.3) is 0 Å². The predicted molar refractivity (Wildman–Crippen MR) is 72.0 cm³/mol. The van der Waals surface area contributed by atoms with Crippen LogP contribution in [-0.2, 0) is 4.74 Å². The number of aromatic nitrogens is 1. The lowest BCUT2D eigenvalue weighted by Crippen LogP contribution is -2.28. The van der Waals surface area contributed by atoms with E-state index in [1.54, 1.807) is 12.4 Å². The van der Waals surface area contributed by atoms with Gasteiger partial charge in [-0.05, 0) is 18.8 Å². The Kier molecular flexibility index (Phi) is 5.97. The van der Waals surface area contributed by atoms with E-state index in [0.29, 0.717) is 16.0 Å². The molecule has 0 aliphatic carbocycles. The van der Waals surface area contributed by atoms with Gasteiger partial charge in [0.05, 0.1) is 10.0 Å². The van der Waals surface area contributed by atoms with Crippen molar-refractivity contribution in [2.45, 2.75) is 18.9 Å². The molecule has 0 saturated carbocycles. The third-order valence-electron chi connectivity index (χ3n) is 3.00. The van der Waals surface area contributed by atoms with Crippen molar-refractivity contribution in [1.29, 1.82) is 0 Å². The van der Waals surface area contributed by atoms with Gasteiger partial charge in [0.1, 0.15) is 0 Å². The summed E-state index contributed by atoms with van der Waals surface area (Å²) >= 11 is 12.2. The molecule has 6 heteroatoms. The number of rotatable bonds is 2. The highest BCUT2D eigenvalue weighted by molar-refractivity contribution is 6.35. The quantitative estimate of drug-likeness (QED) is 0.911. The summed E-state index contributed by atoms with van der Waals surface area (Å²) in [5.41, 5.74) is 7.03. The molecule has 0 bridgehead atoms. The maximum absolute atomic E-state index is 6.22. The number of pyridine rings is 1. The molecule has 3 nitrogen and oxygen atoms in total. The Hall–Kier alpha value is -0.0600. The summed E-state index contributed by atoms with van der Waals surface area (Å²) in [5.74, 6) is 0.381. The molecular formula is C11H15Cl3N2O. The summed E-state index contributed by atoms with van der Waals surface area (Å²) in [5, 5.41) is 1.10. The maximum Gasteiger partial charge on any atom is 0.0652 e. The fourth-order valence-electron chi connectivity index (χ4n) is 2.05. The molecule has 0 amide bonds. The fraction of sp³-hybridized carbons (Fsp3) is 0.545. The van der Waals surface area contributed by atoms with Crippen LogP contribution in [0.2, 0.25) is 10.0 Å². The number of hydrogen-bond donors (Lipinski definition) is 1. The number of nitrogens with zero attached hydrogens (tertiary/aromatic N) is 1. The van der Waals surface area contributed by atoms with Gasteiger partial charge < -0.3 is 10.5 Å². The van der Waals surface area contributed by atoms with Gasteiger partial charge in [-0.2, -0.15) is 0 Å². The number of hydrogen-bond acceptors (Lipinski definition) is 3. The second-order valence-corrected chi connectivity index (χ2v) is 4.81. The Balaban J connectivity index is 0.00000144. The molecule has 1 aliphatic heterocycles. The molecule has 2 N–H and O–H groups in total. The van der Waals surface area contributed by atoms with E-state index < -0.39 is 0 Å². The van der Waals surface area contributed by atoms with Crippen molar-refractivity contribution in [3.8, 4) is 0 Å². The van der Waals surface area contributed by atoms with E-state index in [-0.39, 0.29) is 18.4 Å². The highest BCUT2D eigenvalue weighted by atomic mass is 35.5. The van der Waals surface area contributed by atoms with Crippen LogP contribution in [0.5, 0.6) is 0 Å². The van der Waals surface area contributed by atoms with Gasteiger partial charge in [-0.3, -0.25) is 4.98 Å². The summed E-state index contributed by atoms with van der Waals surface area (Å²) in [6.45, 7) is 1.53. The molecule has 17 heavy (non-hydrogen) atoms. The van der Waals surface area contributed by atoms with Crippen LogP contribution in [0.1, 0.15) is 24.4 Å². The van der Waals surface area contributed by atoms with E-state index in [9.17, 15) is 0 Å². The monoisotopic (exact) mass is 296 g/mol. The SMILES string of the molecule is Cl.N[C@@H](c1c(Cl)cncc1Cl)C1CCOCC1. The van der Waals surface area contributed by atoms with Gasteiger partial charge in [-0.1, -0.05) is 23.2 Å². The highest BCUT2D eigenvalue weighted by Crippen LogP contribution is 2.35. The molecule has 96 valence electrons. The fourth-order valence-corrected chi connectivity index (χ4v) is 2.67. The first-order valence-corrected chi connectivity index (χ1v) is 6.08. The standard InChI is InChI=1S/C11H14Cl2N2O.ClH/c12-8-5-15-6-9(13)10(8)11(14)7-1-3-16-4-2-7;/h5-7,11H,1-4,14H2;1H/t11-;/m1./s1. The second kappa shape index (κ2) is 6.76. The first-order chi connectivity index (χ1) is 7.70. The minimum atomic E-state index is -0.133. The Morgan fingerprint density at radius 1 is 1.24 bits per heavy atom. The Morgan fingerprint density at radius 2 is 1.76 bits per heavy atom. The van der Waals surface area contributed by atoms with Gasteiger partial charge in [0.2, 0.25) is 0 Å². The largest absolute Gasteiger partial charge is 0.381 e. The van der Waals surface area contributed by atoms with Gasteiger partial charge in [0.15, 0.2) is 0 Å². The third kappa shape index (κ3) is 3.46. The van der Waals surface area contributed by atoms with Crippen LogP contribution in [-0.4, -0.2) is 18.2 Å². The van der Waals surface area contributed by atoms with Crippen molar-refractivity contribution in [2.24, 2.45) is 11.7 Å². The lowest BCUT2D eigenvalue weighted by Gasteiger charge is -2.28. The van der Waals surface area contributed by atoms with Gasteiger partial charge >= 0.3 is 0 Å². The zero-order valence-electron chi connectivity index (χ0n) is 9.23. The molecule has 0 unspecified atom stereocenters. The van der Waals surface area contributed by atoms with Crippen molar-refractivity contribution in [2.75, 3.05) is 13.2 Å². The van der Waals surface area contributed by atoms with Crippen LogP contribution in [0.4, 0.5) is 0 Å². The molecule has 1 fully saturated rings. The highest BCUT2D eigenvalue weighted by Gasteiger charge is 2.25. The normalized spacial score (nSPS) is 18.5. The van der Waals surface area contributed by atoms with Crippen molar-refractivity contribution in [1.82, 2.24) is 4.98 Å². The molecule has 0 radical (unpaired) electrons. The van der Waals surface area contributed by atoms with E-state index >= 15 is 0 Å². The third-order valence-corrected chi connectivity index (χ3v) is 3.60. The Morgan fingerprint density at radius 3 is 2.29 bits per heavy atom. The lowest BCUT2D eigenvalue weighted by atomic mass is 9.88. The first-order valence-electron chi connectivity index (χ1n) is 5.32. The molecule has 1 aliphatic rings. The summed E-state index contributed by atoms with van der Waals surface area (Å²) in [7, 11) is 0. The average Bonchev–Trinajstić information content (AvgIpc) is 2.30. The minimum Gasteiger partial charge on any atom is -0.381 e.